The van der Waals surface area contributed by atoms with Gasteiger partial charge in [0, 0.05) is 0 Å². The molecule has 128 valence electrons. The summed E-state index contributed by atoms with van der Waals surface area (Å²) in [5, 5.41) is 7.65. The smallest absolute Gasteiger partial charge is 0.292 e. The molecule has 0 aliphatic carbocycles. The average molecular weight is 390 g/mol. The summed E-state index contributed by atoms with van der Waals surface area (Å²) in [7, 11) is 2.12. The molecule has 2 atom stereocenters. The van der Waals surface area contributed by atoms with Crippen molar-refractivity contribution in [3.63, 3.8) is 0 Å². The lowest BCUT2D eigenvalue weighted by molar-refractivity contribution is -0.933. The molecule has 4 aromatic rings. The first-order valence-electron chi connectivity index (χ1n) is 7.91. The summed E-state index contributed by atoms with van der Waals surface area (Å²) in [6.45, 7) is 2.81. The SMILES string of the molecule is C[C@@H](c1nc2ccccc2s1)[NH+](C)Cn1nc(-c2cccs2)oc1=S. The van der Waals surface area contributed by atoms with Gasteiger partial charge in [0.05, 0.1) is 22.1 Å². The molecule has 1 unspecified atom stereocenters. The molecule has 1 N–H and O–H groups in total. The third kappa shape index (κ3) is 3.30. The van der Waals surface area contributed by atoms with Crippen LogP contribution in [-0.4, -0.2) is 21.8 Å². The highest BCUT2D eigenvalue weighted by atomic mass is 32.1. The van der Waals surface area contributed by atoms with Crippen LogP contribution in [0.25, 0.3) is 21.0 Å². The zero-order valence-electron chi connectivity index (χ0n) is 13.8. The molecule has 5 nitrogen and oxygen atoms in total. The zero-order chi connectivity index (χ0) is 17.4. The number of hydrogen-bond donors (Lipinski definition) is 1. The third-order valence-corrected chi connectivity index (χ3v) is 6.53. The molecule has 0 spiro atoms. The highest BCUT2D eigenvalue weighted by Gasteiger charge is 2.21. The molecule has 4 rings (SSSR count). The summed E-state index contributed by atoms with van der Waals surface area (Å²) in [6.07, 6.45) is 0. The third-order valence-electron chi connectivity index (χ3n) is 4.16. The number of nitrogens with zero attached hydrogens (tertiary/aromatic N) is 3. The van der Waals surface area contributed by atoms with Gasteiger partial charge >= 0.3 is 0 Å². The van der Waals surface area contributed by atoms with Crippen LogP contribution in [0.15, 0.2) is 46.2 Å². The molecule has 8 heteroatoms. The highest BCUT2D eigenvalue weighted by Crippen LogP contribution is 2.25. The molecule has 0 aliphatic rings. The maximum Gasteiger partial charge on any atom is 0.292 e. The van der Waals surface area contributed by atoms with E-state index >= 15 is 0 Å². The summed E-state index contributed by atoms with van der Waals surface area (Å²) in [5.41, 5.74) is 1.06. The second-order valence-electron chi connectivity index (χ2n) is 5.90. The molecule has 3 aromatic heterocycles. The van der Waals surface area contributed by atoms with E-state index in [1.807, 2.05) is 29.6 Å². The molecular weight excluding hydrogens is 372 g/mol. The van der Waals surface area contributed by atoms with Crippen LogP contribution in [0.3, 0.4) is 0 Å². The Morgan fingerprint density at radius 1 is 1.28 bits per heavy atom. The molecule has 0 bridgehead atoms. The maximum absolute atomic E-state index is 5.64. The lowest BCUT2D eigenvalue weighted by Crippen LogP contribution is -3.08. The Bertz CT molecular complexity index is 1010. The minimum atomic E-state index is 0.237. The number of aromatic nitrogens is 3. The maximum atomic E-state index is 5.64. The van der Waals surface area contributed by atoms with Crippen LogP contribution >= 0.6 is 34.9 Å². The molecule has 0 aliphatic heterocycles. The Balaban J connectivity index is 1.55. The van der Waals surface area contributed by atoms with E-state index in [4.69, 9.17) is 21.6 Å². The predicted molar refractivity (Wildman–Crippen MR) is 104 cm³/mol. The Hall–Kier alpha value is -1.87. The van der Waals surface area contributed by atoms with Gasteiger partial charge < -0.3 is 9.32 Å². The molecule has 0 saturated heterocycles. The zero-order valence-corrected chi connectivity index (χ0v) is 16.3. The average Bonchev–Trinajstić information content (AvgIpc) is 3.33. The number of thiophene rings is 1. The second-order valence-corrected chi connectivity index (χ2v) is 8.26. The number of para-hydroxylation sites is 1. The van der Waals surface area contributed by atoms with Crippen molar-refractivity contribution >= 4 is 45.1 Å². The van der Waals surface area contributed by atoms with Crippen LogP contribution in [-0.2, 0) is 6.67 Å². The number of quaternary nitrogens is 1. The lowest BCUT2D eigenvalue weighted by Gasteiger charge is -2.19. The van der Waals surface area contributed by atoms with E-state index in [9.17, 15) is 0 Å². The molecule has 0 fully saturated rings. The van der Waals surface area contributed by atoms with Gasteiger partial charge in [-0.3, -0.25) is 0 Å². The van der Waals surface area contributed by atoms with Gasteiger partial charge in [0.1, 0.15) is 6.04 Å². The van der Waals surface area contributed by atoms with E-state index in [0.717, 1.165) is 15.4 Å². The number of benzene rings is 1. The van der Waals surface area contributed by atoms with Crippen LogP contribution in [0.2, 0.25) is 0 Å². The summed E-state index contributed by atoms with van der Waals surface area (Å²) in [5.74, 6) is 0.584. The van der Waals surface area contributed by atoms with Crippen molar-refractivity contribution in [1.29, 1.82) is 0 Å². The van der Waals surface area contributed by atoms with Gasteiger partial charge in [-0.15, -0.1) is 27.8 Å². The Kier molecular flexibility index (Phi) is 4.51. The Morgan fingerprint density at radius 2 is 2.12 bits per heavy atom. The van der Waals surface area contributed by atoms with Gasteiger partial charge in [0.15, 0.2) is 11.7 Å². The quantitative estimate of drug-likeness (QED) is 0.528. The van der Waals surface area contributed by atoms with Gasteiger partial charge in [0.2, 0.25) is 0 Å². The van der Waals surface area contributed by atoms with E-state index in [-0.39, 0.29) is 6.04 Å². The molecule has 1 aromatic carbocycles. The van der Waals surface area contributed by atoms with Gasteiger partial charge in [-0.05, 0) is 42.7 Å². The van der Waals surface area contributed by atoms with Crippen molar-refractivity contribution in [2.75, 3.05) is 7.05 Å². The monoisotopic (exact) mass is 389 g/mol. The predicted octanol–water partition coefficient (Wildman–Crippen LogP) is 3.78. The Morgan fingerprint density at radius 3 is 2.88 bits per heavy atom. The number of nitrogens with one attached hydrogen (secondary N) is 1. The topological polar surface area (TPSA) is 48.3 Å². The molecular formula is C17H17N4OS3+. The summed E-state index contributed by atoms with van der Waals surface area (Å²) in [4.78, 5) is 7.40. The molecule has 0 amide bonds. The van der Waals surface area contributed by atoms with Gasteiger partial charge in [-0.25, -0.2) is 4.98 Å². The minimum Gasteiger partial charge on any atom is -0.408 e. The summed E-state index contributed by atoms with van der Waals surface area (Å²) in [6, 6.07) is 12.4. The lowest BCUT2D eigenvalue weighted by atomic mass is 10.3. The van der Waals surface area contributed by atoms with Crippen LogP contribution < -0.4 is 4.90 Å². The minimum absolute atomic E-state index is 0.237. The second kappa shape index (κ2) is 6.80. The fourth-order valence-electron chi connectivity index (χ4n) is 2.57. The van der Waals surface area contributed by atoms with Crippen molar-refractivity contribution in [2.24, 2.45) is 0 Å². The number of hydrogen-bond acceptors (Lipinski definition) is 6. The fraction of sp³-hybridized carbons (Fsp3) is 0.235. The molecule has 0 saturated carbocycles. The normalized spacial score (nSPS) is 14.0. The first-order valence-corrected chi connectivity index (χ1v) is 10.0. The van der Waals surface area contributed by atoms with Crippen molar-refractivity contribution < 1.29 is 9.32 Å². The fourth-order valence-corrected chi connectivity index (χ4v) is 4.51. The van der Waals surface area contributed by atoms with Crippen molar-refractivity contribution in [3.05, 3.63) is 51.6 Å². The van der Waals surface area contributed by atoms with Crippen molar-refractivity contribution in [3.8, 4) is 10.8 Å². The number of rotatable bonds is 5. The van der Waals surface area contributed by atoms with E-state index in [1.54, 1.807) is 27.4 Å². The van der Waals surface area contributed by atoms with Gasteiger partial charge in [-0.2, -0.15) is 4.68 Å². The van der Waals surface area contributed by atoms with Crippen molar-refractivity contribution in [2.45, 2.75) is 19.6 Å². The van der Waals surface area contributed by atoms with Crippen LogP contribution in [0.1, 0.15) is 18.0 Å². The van der Waals surface area contributed by atoms with Crippen LogP contribution in [0.4, 0.5) is 0 Å². The number of thiazole rings is 1. The van der Waals surface area contributed by atoms with E-state index in [1.165, 1.54) is 9.60 Å². The molecule has 0 radical (unpaired) electrons. The van der Waals surface area contributed by atoms with Crippen molar-refractivity contribution in [1.82, 2.24) is 14.8 Å². The molecule has 25 heavy (non-hydrogen) atoms. The highest BCUT2D eigenvalue weighted by molar-refractivity contribution is 7.71. The summed E-state index contributed by atoms with van der Waals surface area (Å²) < 4.78 is 8.62. The van der Waals surface area contributed by atoms with E-state index in [2.05, 4.69) is 31.2 Å². The first kappa shape index (κ1) is 16.6. The van der Waals surface area contributed by atoms with Gasteiger partial charge in [0.25, 0.3) is 10.7 Å². The van der Waals surface area contributed by atoms with E-state index in [0.29, 0.717) is 17.4 Å². The van der Waals surface area contributed by atoms with Gasteiger partial charge in [-0.1, -0.05) is 18.2 Å². The Labute approximate surface area is 158 Å². The standard InChI is InChI=1S/C17H16N4OS3/c1-11(16-18-12-6-3-4-7-13(12)25-16)20(2)10-21-17(23)22-15(19-21)14-8-5-9-24-14/h3-9,11H,10H2,1-2H3/p+1/t11-/m0/s1. The summed E-state index contributed by atoms with van der Waals surface area (Å²) >= 11 is 8.67. The number of fused-ring (bicyclic) bond motifs is 1. The van der Waals surface area contributed by atoms with E-state index < -0.39 is 0 Å². The van der Waals surface area contributed by atoms with Crippen LogP contribution in [0, 0.1) is 4.84 Å². The van der Waals surface area contributed by atoms with Crippen LogP contribution in [0.5, 0.6) is 0 Å². The first-order chi connectivity index (χ1) is 12.1. The largest absolute Gasteiger partial charge is 0.408 e. The molecule has 3 heterocycles.